The second kappa shape index (κ2) is 6.92. The van der Waals surface area contributed by atoms with E-state index >= 15 is 0 Å². The average molecular weight is 357 g/mol. The van der Waals surface area contributed by atoms with Crippen molar-refractivity contribution in [1.82, 2.24) is 14.8 Å². The molecule has 2 heterocycles. The van der Waals surface area contributed by atoms with Gasteiger partial charge in [-0.15, -0.1) is 0 Å². The molecule has 0 atom stereocenters. The fourth-order valence-electron chi connectivity index (χ4n) is 3.04. The van der Waals surface area contributed by atoms with Gasteiger partial charge in [-0.25, -0.2) is 4.98 Å². The summed E-state index contributed by atoms with van der Waals surface area (Å²) in [5.41, 5.74) is 4.53. The van der Waals surface area contributed by atoms with Gasteiger partial charge in [-0.1, -0.05) is 30.3 Å². The van der Waals surface area contributed by atoms with Gasteiger partial charge in [0.2, 0.25) is 0 Å². The van der Waals surface area contributed by atoms with E-state index in [1.54, 1.807) is 16.9 Å². The van der Waals surface area contributed by atoms with Crippen molar-refractivity contribution in [2.75, 3.05) is 10.6 Å². The van der Waals surface area contributed by atoms with Crippen molar-refractivity contribution < 1.29 is 4.79 Å². The Kier molecular flexibility index (Phi) is 4.30. The minimum Gasteiger partial charge on any atom is -0.355 e. The Hall–Kier alpha value is -3.67. The molecule has 0 aliphatic heterocycles. The van der Waals surface area contributed by atoms with E-state index in [-0.39, 0.29) is 5.91 Å². The molecule has 0 radical (unpaired) electrons. The first-order chi connectivity index (χ1) is 13.1. The molecule has 0 spiro atoms. The number of aryl methyl sites for hydroxylation is 2. The van der Waals surface area contributed by atoms with Crippen molar-refractivity contribution in [3.63, 3.8) is 0 Å². The number of pyridine rings is 1. The Morgan fingerprint density at radius 1 is 1.00 bits per heavy atom. The standard InChI is InChI=1S/C21H19N5O/c1-14-18-12-16(13-22-20(18)26(2)25-14)24-21(27)17-10-6-7-11-19(17)23-15-8-4-3-5-9-15/h3-13,23H,1-2H3,(H,24,27). The molecular formula is C21H19N5O. The maximum atomic E-state index is 12.9. The predicted molar refractivity (Wildman–Crippen MR) is 107 cm³/mol. The van der Waals surface area contributed by atoms with Crippen LogP contribution in [0.15, 0.2) is 66.9 Å². The summed E-state index contributed by atoms with van der Waals surface area (Å²) in [5, 5.41) is 11.5. The van der Waals surface area contributed by atoms with E-state index in [2.05, 4.69) is 20.7 Å². The van der Waals surface area contributed by atoms with Gasteiger partial charge in [0.25, 0.3) is 5.91 Å². The number of fused-ring (bicyclic) bond motifs is 1. The largest absolute Gasteiger partial charge is 0.355 e. The van der Waals surface area contributed by atoms with E-state index in [0.29, 0.717) is 11.3 Å². The first kappa shape index (κ1) is 16.8. The Balaban J connectivity index is 1.61. The molecule has 2 aromatic heterocycles. The van der Waals surface area contributed by atoms with Crippen LogP contribution in [0.25, 0.3) is 11.0 Å². The highest BCUT2D eigenvalue weighted by molar-refractivity contribution is 6.08. The number of amides is 1. The molecule has 1 amide bonds. The van der Waals surface area contributed by atoms with Gasteiger partial charge in [0.05, 0.1) is 28.8 Å². The van der Waals surface area contributed by atoms with E-state index in [9.17, 15) is 4.79 Å². The predicted octanol–water partition coefficient (Wildman–Crippen LogP) is 4.27. The first-order valence-electron chi connectivity index (χ1n) is 8.63. The zero-order chi connectivity index (χ0) is 18.8. The van der Waals surface area contributed by atoms with Crippen LogP contribution < -0.4 is 10.6 Å². The van der Waals surface area contributed by atoms with Crippen LogP contribution >= 0.6 is 0 Å². The lowest BCUT2D eigenvalue weighted by molar-refractivity contribution is 0.102. The SMILES string of the molecule is Cc1nn(C)c2ncc(NC(=O)c3ccccc3Nc3ccccc3)cc12. The zero-order valence-corrected chi connectivity index (χ0v) is 15.1. The molecule has 0 unspecified atom stereocenters. The number of rotatable bonds is 4. The Morgan fingerprint density at radius 2 is 1.74 bits per heavy atom. The van der Waals surface area contributed by atoms with Gasteiger partial charge in [0.1, 0.15) is 0 Å². The molecule has 4 rings (SSSR count). The number of aromatic nitrogens is 3. The fourth-order valence-corrected chi connectivity index (χ4v) is 3.04. The molecule has 0 bridgehead atoms. The van der Waals surface area contributed by atoms with Crippen LogP contribution in [0.3, 0.4) is 0 Å². The van der Waals surface area contributed by atoms with Gasteiger partial charge in [-0.3, -0.25) is 9.48 Å². The van der Waals surface area contributed by atoms with Gasteiger partial charge in [0, 0.05) is 18.1 Å². The smallest absolute Gasteiger partial charge is 0.257 e. The highest BCUT2D eigenvalue weighted by atomic mass is 16.1. The summed E-state index contributed by atoms with van der Waals surface area (Å²) in [5.74, 6) is -0.197. The number of carbonyl (C=O) groups excluding carboxylic acids is 1. The van der Waals surface area contributed by atoms with Crippen molar-refractivity contribution in [3.05, 3.63) is 78.1 Å². The molecular weight excluding hydrogens is 338 g/mol. The minimum atomic E-state index is -0.197. The van der Waals surface area contributed by atoms with Crippen molar-refractivity contribution in [2.45, 2.75) is 6.92 Å². The third kappa shape index (κ3) is 3.37. The summed E-state index contributed by atoms with van der Waals surface area (Å²) >= 11 is 0. The van der Waals surface area contributed by atoms with E-state index in [1.807, 2.05) is 68.6 Å². The lowest BCUT2D eigenvalue weighted by atomic mass is 10.1. The van der Waals surface area contributed by atoms with Gasteiger partial charge in [-0.05, 0) is 37.3 Å². The van der Waals surface area contributed by atoms with E-state index < -0.39 is 0 Å². The topological polar surface area (TPSA) is 71.8 Å². The lowest BCUT2D eigenvalue weighted by Gasteiger charge is -2.12. The highest BCUT2D eigenvalue weighted by Crippen LogP contribution is 2.23. The molecule has 6 nitrogen and oxygen atoms in total. The number of para-hydroxylation sites is 2. The molecule has 0 saturated heterocycles. The first-order valence-corrected chi connectivity index (χ1v) is 8.63. The second-order valence-electron chi connectivity index (χ2n) is 6.29. The molecule has 2 aromatic carbocycles. The number of nitrogens with one attached hydrogen (secondary N) is 2. The molecule has 0 fully saturated rings. The minimum absolute atomic E-state index is 0.197. The van der Waals surface area contributed by atoms with Crippen molar-refractivity contribution in [1.29, 1.82) is 0 Å². The Morgan fingerprint density at radius 3 is 2.56 bits per heavy atom. The zero-order valence-electron chi connectivity index (χ0n) is 15.1. The molecule has 4 aromatic rings. The van der Waals surface area contributed by atoms with Crippen LogP contribution in [0, 0.1) is 6.92 Å². The summed E-state index contributed by atoms with van der Waals surface area (Å²) < 4.78 is 1.73. The third-order valence-corrected chi connectivity index (χ3v) is 4.35. The molecule has 6 heteroatoms. The van der Waals surface area contributed by atoms with Gasteiger partial charge < -0.3 is 10.6 Å². The van der Waals surface area contributed by atoms with Crippen LogP contribution in [0.1, 0.15) is 16.1 Å². The van der Waals surface area contributed by atoms with E-state index in [4.69, 9.17) is 0 Å². The summed E-state index contributed by atoms with van der Waals surface area (Å²) in [7, 11) is 1.85. The van der Waals surface area contributed by atoms with Gasteiger partial charge >= 0.3 is 0 Å². The summed E-state index contributed by atoms with van der Waals surface area (Å²) in [6.07, 6.45) is 1.65. The number of nitrogens with zero attached hydrogens (tertiary/aromatic N) is 3. The second-order valence-corrected chi connectivity index (χ2v) is 6.29. The molecule has 27 heavy (non-hydrogen) atoms. The number of anilines is 3. The average Bonchev–Trinajstić information content (AvgIpc) is 2.96. The van der Waals surface area contributed by atoms with Gasteiger partial charge in [0.15, 0.2) is 5.65 Å². The summed E-state index contributed by atoms with van der Waals surface area (Å²) in [6, 6.07) is 19.1. The monoisotopic (exact) mass is 357 g/mol. The number of hydrogen-bond donors (Lipinski definition) is 2. The number of benzene rings is 2. The molecule has 2 N–H and O–H groups in total. The Labute approximate surface area is 156 Å². The van der Waals surface area contributed by atoms with Crippen LogP contribution in [-0.4, -0.2) is 20.7 Å². The number of carbonyl (C=O) groups is 1. The lowest BCUT2D eigenvalue weighted by Crippen LogP contribution is -2.14. The summed E-state index contributed by atoms with van der Waals surface area (Å²) in [4.78, 5) is 17.3. The molecule has 0 aliphatic carbocycles. The molecule has 134 valence electrons. The maximum absolute atomic E-state index is 12.9. The number of hydrogen-bond acceptors (Lipinski definition) is 4. The van der Waals surface area contributed by atoms with E-state index in [1.165, 1.54) is 0 Å². The summed E-state index contributed by atoms with van der Waals surface area (Å²) in [6.45, 7) is 1.93. The Bertz CT molecular complexity index is 1120. The van der Waals surface area contributed by atoms with Crippen molar-refractivity contribution >= 4 is 34.0 Å². The third-order valence-electron chi connectivity index (χ3n) is 4.35. The van der Waals surface area contributed by atoms with Crippen LogP contribution in [0.4, 0.5) is 17.1 Å². The van der Waals surface area contributed by atoms with Crippen molar-refractivity contribution in [3.8, 4) is 0 Å². The fraction of sp³-hybridized carbons (Fsp3) is 0.0952. The molecule has 0 saturated carbocycles. The van der Waals surface area contributed by atoms with Gasteiger partial charge in [-0.2, -0.15) is 5.10 Å². The van der Waals surface area contributed by atoms with Crippen LogP contribution in [-0.2, 0) is 7.05 Å². The quantitative estimate of drug-likeness (QED) is 0.572. The van der Waals surface area contributed by atoms with Crippen molar-refractivity contribution in [2.24, 2.45) is 7.05 Å². The van der Waals surface area contributed by atoms with Crippen LogP contribution in [0.2, 0.25) is 0 Å². The molecule has 0 aliphatic rings. The highest BCUT2D eigenvalue weighted by Gasteiger charge is 2.13. The normalized spacial score (nSPS) is 10.7. The maximum Gasteiger partial charge on any atom is 0.257 e. The van der Waals surface area contributed by atoms with E-state index in [0.717, 1.165) is 28.1 Å². The van der Waals surface area contributed by atoms with Crippen LogP contribution in [0.5, 0.6) is 0 Å².